The van der Waals surface area contributed by atoms with Crippen LogP contribution in [-0.4, -0.2) is 30.5 Å². The Labute approximate surface area is 185 Å². The van der Waals surface area contributed by atoms with Crippen molar-refractivity contribution in [2.45, 2.75) is 20.0 Å². The smallest absolute Gasteiger partial charge is 0.258 e. The summed E-state index contributed by atoms with van der Waals surface area (Å²) in [6.07, 6.45) is 3.33. The van der Waals surface area contributed by atoms with Gasteiger partial charge in [0.05, 0.1) is 30.5 Å². The van der Waals surface area contributed by atoms with Crippen LogP contribution in [0.4, 0.5) is 5.82 Å². The Bertz CT molecular complexity index is 1370. The maximum absolute atomic E-state index is 13.0. The number of benzene rings is 2. The number of pyridine rings is 1. The van der Waals surface area contributed by atoms with Gasteiger partial charge >= 0.3 is 0 Å². The molecule has 3 aromatic heterocycles. The Morgan fingerprint density at radius 1 is 0.875 bits per heavy atom. The van der Waals surface area contributed by atoms with E-state index in [1.165, 1.54) is 0 Å². The largest absolute Gasteiger partial charge is 0.307 e. The fourth-order valence-corrected chi connectivity index (χ4v) is 3.68. The Kier molecular flexibility index (Phi) is 5.21. The molecule has 0 aliphatic heterocycles. The van der Waals surface area contributed by atoms with Crippen LogP contribution in [0.15, 0.2) is 85.2 Å². The second-order valence-electron chi connectivity index (χ2n) is 7.69. The highest BCUT2D eigenvalue weighted by atomic mass is 16.1. The third kappa shape index (κ3) is 4.13. The monoisotopic (exact) mass is 422 g/mol. The van der Waals surface area contributed by atoms with Crippen LogP contribution in [0.1, 0.15) is 27.2 Å². The van der Waals surface area contributed by atoms with Gasteiger partial charge in [-0.05, 0) is 24.1 Å². The summed E-state index contributed by atoms with van der Waals surface area (Å²) in [5, 5.41) is 12.8. The van der Waals surface area contributed by atoms with Crippen LogP contribution in [0.25, 0.3) is 11.0 Å². The number of carbonyl (C=O) groups is 1. The van der Waals surface area contributed by atoms with E-state index in [2.05, 4.69) is 32.6 Å². The molecule has 158 valence electrons. The summed E-state index contributed by atoms with van der Waals surface area (Å²) < 4.78 is 3.64. The van der Waals surface area contributed by atoms with E-state index in [9.17, 15) is 4.79 Å². The van der Waals surface area contributed by atoms with Gasteiger partial charge in [0.15, 0.2) is 5.65 Å². The lowest BCUT2D eigenvalue weighted by molar-refractivity contribution is 0.102. The molecule has 5 aromatic rings. The summed E-state index contributed by atoms with van der Waals surface area (Å²) in [6, 6.07) is 23.8. The highest BCUT2D eigenvalue weighted by Gasteiger charge is 2.14. The number of rotatable bonds is 6. The highest BCUT2D eigenvalue weighted by molar-refractivity contribution is 6.05. The average molecular weight is 422 g/mol. The number of hydrogen-bond acceptors (Lipinski definition) is 4. The molecule has 2 aromatic carbocycles. The second kappa shape index (κ2) is 8.47. The van der Waals surface area contributed by atoms with E-state index in [4.69, 9.17) is 0 Å². The van der Waals surface area contributed by atoms with Gasteiger partial charge in [0.25, 0.3) is 5.91 Å². The number of nitrogens with one attached hydrogen (secondary N) is 1. The van der Waals surface area contributed by atoms with Crippen molar-refractivity contribution in [3.05, 3.63) is 108 Å². The van der Waals surface area contributed by atoms with Crippen LogP contribution >= 0.6 is 0 Å². The first-order valence-electron chi connectivity index (χ1n) is 10.4. The topological polar surface area (TPSA) is 77.6 Å². The van der Waals surface area contributed by atoms with Crippen molar-refractivity contribution >= 4 is 22.8 Å². The van der Waals surface area contributed by atoms with Crippen molar-refractivity contribution in [1.29, 1.82) is 0 Å². The summed E-state index contributed by atoms with van der Waals surface area (Å²) in [7, 11) is 0. The fraction of sp³-hybridized carbons (Fsp3) is 0.120. The average Bonchev–Trinajstić information content (AvgIpc) is 3.37. The lowest BCUT2D eigenvalue weighted by Gasteiger charge is -2.09. The summed E-state index contributed by atoms with van der Waals surface area (Å²) in [4.78, 5) is 17.5. The van der Waals surface area contributed by atoms with Crippen molar-refractivity contribution in [2.24, 2.45) is 0 Å². The van der Waals surface area contributed by atoms with Gasteiger partial charge in [-0.25, -0.2) is 14.3 Å². The van der Waals surface area contributed by atoms with Gasteiger partial charge in [-0.15, -0.1) is 0 Å². The van der Waals surface area contributed by atoms with E-state index in [1.807, 2.05) is 72.3 Å². The molecule has 3 heterocycles. The van der Waals surface area contributed by atoms with Crippen LogP contribution in [0, 0.1) is 6.92 Å². The molecule has 1 amide bonds. The first-order valence-corrected chi connectivity index (χ1v) is 10.4. The van der Waals surface area contributed by atoms with Gasteiger partial charge in [0, 0.05) is 17.6 Å². The lowest BCUT2D eigenvalue weighted by Crippen LogP contribution is -2.16. The van der Waals surface area contributed by atoms with Gasteiger partial charge < -0.3 is 5.32 Å². The zero-order valence-corrected chi connectivity index (χ0v) is 17.6. The van der Waals surface area contributed by atoms with Crippen LogP contribution in [-0.2, 0) is 13.1 Å². The fourth-order valence-electron chi connectivity index (χ4n) is 3.68. The quantitative estimate of drug-likeness (QED) is 0.443. The molecule has 0 atom stereocenters. The molecule has 0 radical (unpaired) electrons. The van der Waals surface area contributed by atoms with E-state index in [0.717, 1.165) is 27.9 Å². The Hall–Kier alpha value is -4.26. The zero-order valence-electron chi connectivity index (χ0n) is 17.6. The maximum Gasteiger partial charge on any atom is 0.258 e. The molecule has 0 saturated heterocycles. The van der Waals surface area contributed by atoms with Crippen molar-refractivity contribution in [3.63, 3.8) is 0 Å². The first-order chi connectivity index (χ1) is 15.7. The van der Waals surface area contributed by atoms with E-state index in [1.54, 1.807) is 17.1 Å². The van der Waals surface area contributed by atoms with E-state index >= 15 is 0 Å². The van der Waals surface area contributed by atoms with E-state index in [-0.39, 0.29) is 5.91 Å². The maximum atomic E-state index is 13.0. The number of anilines is 1. The SMILES string of the molecule is Cc1cc(NC(=O)c2cnc3c(cnn3Cc3ccccc3)c2)n(Cc2ccccc2)n1. The molecule has 0 aliphatic carbocycles. The Morgan fingerprint density at radius 2 is 1.53 bits per heavy atom. The standard InChI is InChI=1S/C25H22N6O/c1-18-12-23(30(29-18)16-19-8-4-2-5-9-19)28-25(32)22-13-21-15-27-31(24(21)26-14-22)17-20-10-6-3-7-11-20/h2-15H,16-17H2,1H3,(H,28,32). The van der Waals surface area contributed by atoms with Crippen molar-refractivity contribution in [1.82, 2.24) is 24.5 Å². The number of fused-ring (bicyclic) bond motifs is 1. The predicted molar refractivity (Wildman–Crippen MR) is 124 cm³/mol. The minimum atomic E-state index is -0.232. The number of aryl methyl sites for hydroxylation is 1. The molecule has 1 N–H and O–H groups in total. The summed E-state index contributed by atoms with van der Waals surface area (Å²) in [5.41, 5.74) is 4.31. The Balaban J connectivity index is 1.36. The summed E-state index contributed by atoms with van der Waals surface area (Å²) >= 11 is 0. The molecule has 7 nitrogen and oxygen atoms in total. The minimum absolute atomic E-state index is 0.232. The van der Waals surface area contributed by atoms with Crippen molar-refractivity contribution in [2.75, 3.05) is 5.32 Å². The molecule has 0 bridgehead atoms. The van der Waals surface area contributed by atoms with E-state index < -0.39 is 0 Å². The third-order valence-electron chi connectivity index (χ3n) is 5.23. The molecule has 32 heavy (non-hydrogen) atoms. The normalized spacial score (nSPS) is 11.0. The number of nitrogens with zero attached hydrogens (tertiary/aromatic N) is 5. The van der Waals surface area contributed by atoms with Crippen LogP contribution in [0.3, 0.4) is 0 Å². The number of carbonyl (C=O) groups excluding carboxylic acids is 1. The van der Waals surface area contributed by atoms with Crippen molar-refractivity contribution in [3.8, 4) is 0 Å². The van der Waals surface area contributed by atoms with Crippen molar-refractivity contribution < 1.29 is 4.79 Å². The molecule has 0 spiro atoms. The first kappa shape index (κ1) is 19.7. The van der Waals surface area contributed by atoms with Gasteiger partial charge in [-0.1, -0.05) is 60.7 Å². The Morgan fingerprint density at radius 3 is 2.22 bits per heavy atom. The highest BCUT2D eigenvalue weighted by Crippen LogP contribution is 2.18. The predicted octanol–water partition coefficient (Wildman–Crippen LogP) is 4.29. The summed E-state index contributed by atoms with van der Waals surface area (Å²) in [5.74, 6) is 0.417. The molecular weight excluding hydrogens is 400 g/mol. The molecule has 7 heteroatoms. The molecule has 0 saturated carbocycles. The lowest BCUT2D eigenvalue weighted by atomic mass is 10.2. The second-order valence-corrected chi connectivity index (χ2v) is 7.69. The zero-order chi connectivity index (χ0) is 21.9. The van der Waals surface area contributed by atoms with Crippen LogP contribution < -0.4 is 5.32 Å². The number of aromatic nitrogens is 5. The third-order valence-corrected chi connectivity index (χ3v) is 5.23. The van der Waals surface area contributed by atoms with Gasteiger partial charge in [-0.3, -0.25) is 4.79 Å². The van der Waals surface area contributed by atoms with Gasteiger partial charge in [0.2, 0.25) is 0 Å². The molecular formula is C25H22N6O. The number of amides is 1. The molecule has 0 unspecified atom stereocenters. The van der Waals surface area contributed by atoms with Gasteiger partial charge in [-0.2, -0.15) is 10.2 Å². The summed E-state index contributed by atoms with van der Waals surface area (Å²) in [6.45, 7) is 3.11. The number of hydrogen-bond donors (Lipinski definition) is 1. The minimum Gasteiger partial charge on any atom is -0.307 e. The molecule has 5 rings (SSSR count). The van der Waals surface area contributed by atoms with Crippen LogP contribution in [0.2, 0.25) is 0 Å². The van der Waals surface area contributed by atoms with E-state index in [0.29, 0.717) is 24.5 Å². The molecule has 0 fully saturated rings. The van der Waals surface area contributed by atoms with Crippen LogP contribution in [0.5, 0.6) is 0 Å². The molecule has 0 aliphatic rings. The van der Waals surface area contributed by atoms with Gasteiger partial charge in [0.1, 0.15) is 5.82 Å².